The Labute approximate surface area is 103 Å². The number of nitrogens with zero attached hydrogens (tertiary/aromatic N) is 1. The number of benzene rings is 1. The lowest BCUT2D eigenvalue weighted by Gasteiger charge is -2.21. The summed E-state index contributed by atoms with van der Waals surface area (Å²) in [6.07, 6.45) is 0. The SMILES string of the molecule is COc1cc(F)c(N(C)C(=O)C(N)CO)cc1F. The molecule has 0 spiro atoms. The Balaban J connectivity index is 3.10. The summed E-state index contributed by atoms with van der Waals surface area (Å²) in [4.78, 5) is 12.5. The number of hydrogen-bond donors (Lipinski definition) is 2. The lowest BCUT2D eigenvalue weighted by Crippen LogP contribution is -2.44. The van der Waals surface area contributed by atoms with Gasteiger partial charge in [-0.2, -0.15) is 0 Å². The Morgan fingerprint density at radius 3 is 2.61 bits per heavy atom. The van der Waals surface area contributed by atoms with E-state index in [1.165, 1.54) is 14.2 Å². The molecule has 0 radical (unpaired) electrons. The lowest BCUT2D eigenvalue weighted by molar-refractivity contribution is -0.120. The Morgan fingerprint density at radius 2 is 2.11 bits per heavy atom. The first-order valence-electron chi connectivity index (χ1n) is 5.09. The summed E-state index contributed by atoms with van der Waals surface area (Å²) in [5.41, 5.74) is 5.04. The van der Waals surface area contributed by atoms with Gasteiger partial charge in [0.2, 0.25) is 5.91 Å². The highest BCUT2D eigenvalue weighted by molar-refractivity contribution is 5.96. The monoisotopic (exact) mass is 260 g/mol. The molecule has 1 amide bonds. The van der Waals surface area contributed by atoms with E-state index in [4.69, 9.17) is 10.8 Å². The molecule has 1 rings (SSSR count). The first-order valence-corrected chi connectivity index (χ1v) is 5.09. The second-order valence-corrected chi connectivity index (χ2v) is 3.62. The van der Waals surface area contributed by atoms with Gasteiger partial charge < -0.3 is 20.5 Å². The summed E-state index contributed by atoms with van der Waals surface area (Å²) in [7, 11) is 2.44. The molecule has 0 bridgehead atoms. The molecule has 3 N–H and O–H groups in total. The van der Waals surface area contributed by atoms with Gasteiger partial charge in [0.1, 0.15) is 6.04 Å². The topological polar surface area (TPSA) is 75.8 Å². The van der Waals surface area contributed by atoms with E-state index < -0.39 is 30.2 Å². The van der Waals surface area contributed by atoms with Crippen molar-refractivity contribution in [3.8, 4) is 5.75 Å². The van der Waals surface area contributed by atoms with E-state index in [1.807, 2.05) is 0 Å². The predicted octanol–water partition coefficient (Wildman–Crippen LogP) is 0.256. The van der Waals surface area contributed by atoms with E-state index in [2.05, 4.69) is 4.74 Å². The van der Waals surface area contributed by atoms with Gasteiger partial charge in [0, 0.05) is 19.2 Å². The van der Waals surface area contributed by atoms with Crippen molar-refractivity contribution in [1.29, 1.82) is 0 Å². The van der Waals surface area contributed by atoms with E-state index in [1.54, 1.807) is 0 Å². The number of nitrogens with two attached hydrogens (primary N) is 1. The number of aliphatic hydroxyl groups excluding tert-OH is 1. The summed E-state index contributed by atoms with van der Waals surface area (Å²) in [6.45, 7) is -0.580. The maximum atomic E-state index is 13.7. The van der Waals surface area contributed by atoms with Crippen molar-refractivity contribution in [2.45, 2.75) is 6.04 Å². The van der Waals surface area contributed by atoms with Crippen molar-refractivity contribution in [3.63, 3.8) is 0 Å². The third-order valence-corrected chi connectivity index (χ3v) is 2.43. The van der Waals surface area contributed by atoms with Crippen LogP contribution in [0.3, 0.4) is 0 Å². The fourth-order valence-electron chi connectivity index (χ4n) is 1.38. The predicted molar refractivity (Wildman–Crippen MR) is 61.4 cm³/mol. The minimum Gasteiger partial charge on any atom is -0.494 e. The number of amides is 1. The molecule has 0 heterocycles. The van der Waals surface area contributed by atoms with Gasteiger partial charge >= 0.3 is 0 Å². The van der Waals surface area contributed by atoms with Crippen LogP contribution in [0.2, 0.25) is 0 Å². The van der Waals surface area contributed by atoms with Crippen LogP contribution in [0.25, 0.3) is 0 Å². The maximum absolute atomic E-state index is 13.7. The highest BCUT2D eigenvalue weighted by Crippen LogP contribution is 2.27. The fraction of sp³-hybridized carbons (Fsp3) is 0.364. The molecule has 1 unspecified atom stereocenters. The first-order chi connectivity index (χ1) is 8.42. The third kappa shape index (κ3) is 2.74. The van der Waals surface area contributed by atoms with Crippen LogP contribution in [-0.4, -0.2) is 37.8 Å². The minimum atomic E-state index is -1.18. The second kappa shape index (κ2) is 5.74. The van der Waals surface area contributed by atoms with Crippen LogP contribution in [0.4, 0.5) is 14.5 Å². The number of hydrogen-bond acceptors (Lipinski definition) is 4. The van der Waals surface area contributed by atoms with E-state index in [0.717, 1.165) is 17.0 Å². The Morgan fingerprint density at radius 1 is 1.50 bits per heavy atom. The van der Waals surface area contributed by atoms with Gasteiger partial charge in [0.25, 0.3) is 0 Å². The van der Waals surface area contributed by atoms with Gasteiger partial charge in [-0.1, -0.05) is 0 Å². The molecular weight excluding hydrogens is 246 g/mol. The summed E-state index contributed by atoms with van der Waals surface area (Å²) in [6, 6.07) is 0.481. The van der Waals surface area contributed by atoms with Crippen LogP contribution in [-0.2, 0) is 4.79 Å². The number of carbonyl (C=O) groups excluding carboxylic acids is 1. The first kappa shape index (κ1) is 14.3. The van der Waals surface area contributed by atoms with Crippen molar-refractivity contribution in [3.05, 3.63) is 23.8 Å². The lowest BCUT2D eigenvalue weighted by atomic mass is 10.2. The molecule has 18 heavy (non-hydrogen) atoms. The number of anilines is 1. The van der Waals surface area contributed by atoms with Gasteiger partial charge in [0.05, 0.1) is 19.4 Å². The number of methoxy groups -OCH3 is 1. The molecule has 0 aliphatic heterocycles. The minimum absolute atomic E-state index is 0.261. The molecule has 7 heteroatoms. The molecule has 0 fully saturated rings. The van der Waals surface area contributed by atoms with Gasteiger partial charge in [-0.3, -0.25) is 4.79 Å². The van der Waals surface area contributed by atoms with Crippen LogP contribution in [0.15, 0.2) is 12.1 Å². The molecule has 1 aromatic carbocycles. The van der Waals surface area contributed by atoms with Gasteiger partial charge in [-0.05, 0) is 0 Å². The normalized spacial score (nSPS) is 12.1. The van der Waals surface area contributed by atoms with E-state index in [9.17, 15) is 13.6 Å². The summed E-state index contributed by atoms with van der Waals surface area (Å²) in [5, 5.41) is 8.75. The average Bonchev–Trinajstić information content (AvgIpc) is 2.38. The molecule has 0 saturated carbocycles. The second-order valence-electron chi connectivity index (χ2n) is 3.62. The fourth-order valence-corrected chi connectivity index (χ4v) is 1.38. The number of likely N-dealkylation sites (N-methyl/N-ethyl adjacent to an activating group) is 1. The molecule has 0 saturated heterocycles. The molecule has 1 atom stereocenters. The van der Waals surface area contributed by atoms with Crippen LogP contribution in [0.1, 0.15) is 0 Å². The molecule has 0 aliphatic carbocycles. The number of halogens is 2. The van der Waals surface area contributed by atoms with Crippen LogP contribution < -0.4 is 15.4 Å². The zero-order chi connectivity index (χ0) is 13.9. The molecule has 0 aromatic heterocycles. The number of carbonyl (C=O) groups is 1. The van der Waals surface area contributed by atoms with Crippen molar-refractivity contribution >= 4 is 11.6 Å². The van der Waals surface area contributed by atoms with Crippen molar-refractivity contribution in [1.82, 2.24) is 0 Å². The highest BCUT2D eigenvalue weighted by atomic mass is 19.1. The zero-order valence-corrected chi connectivity index (χ0v) is 9.98. The molecule has 0 aliphatic rings. The van der Waals surface area contributed by atoms with E-state index in [-0.39, 0.29) is 11.4 Å². The molecule has 100 valence electrons. The third-order valence-electron chi connectivity index (χ3n) is 2.43. The summed E-state index contributed by atoms with van der Waals surface area (Å²) in [5.74, 6) is -2.61. The smallest absolute Gasteiger partial charge is 0.246 e. The Bertz CT molecular complexity index is 454. The van der Waals surface area contributed by atoms with Crippen molar-refractivity contribution in [2.75, 3.05) is 25.7 Å². The molecular formula is C11H14F2N2O3. The van der Waals surface area contributed by atoms with Crippen LogP contribution in [0.5, 0.6) is 5.75 Å². The van der Waals surface area contributed by atoms with Gasteiger partial charge in [-0.15, -0.1) is 0 Å². The number of rotatable bonds is 4. The van der Waals surface area contributed by atoms with Crippen molar-refractivity contribution < 1.29 is 23.4 Å². The Hall–Kier alpha value is -1.73. The molecule has 1 aromatic rings. The quantitative estimate of drug-likeness (QED) is 0.814. The van der Waals surface area contributed by atoms with E-state index in [0.29, 0.717) is 0 Å². The largest absolute Gasteiger partial charge is 0.494 e. The zero-order valence-electron chi connectivity index (χ0n) is 9.98. The van der Waals surface area contributed by atoms with Crippen LogP contribution in [0, 0.1) is 11.6 Å². The van der Waals surface area contributed by atoms with Crippen LogP contribution >= 0.6 is 0 Å². The van der Waals surface area contributed by atoms with Gasteiger partial charge in [-0.25, -0.2) is 8.78 Å². The number of aliphatic hydroxyl groups is 1. The summed E-state index contributed by atoms with van der Waals surface area (Å²) < 4.78 is 31.7. The highest BCUT2D eigenvalue weighted by Gasteiger charge is 2.22. The van der Waals surface area contributed by atoms with Gasteiger partial charge in [0.15, 0.2) is 17.4 Å². The van der Waals surface area contributed by atoms with Crippen molar-refractivity contribution in [2.24, 2.45) is 5.73 Å². The number of ether oxygens (including phenoxy) is 1. The van der Waals surface area contributed by atoms with E-state index >= 15 is 0 Å². The maximum Gasteiger partial charge on any atom is 0.246 e. The standard InChI is InChI=1S/C11H14F2N2O3/c1-15(11(17)8(14)5-16)9-3-7(13)10(18-2)4-6(9)12/h3-4,8,16H,5,14H2,1-2H3. The summed E-state index contributed by atoms with van der Waals surface area (Å²) >= 11 is 0. The molecule has 5 nitrogen and oxygen atoms in total. The Kier molecular flexibility index (Phi) is 4.57. The average molecular weight is 260 g/mol.